The maximum Gasteiger partial charge on any atom is 0.229 e. The van der Waals surface area contributed by atoms with Crippen LogP contribution in [0.5, 0.6) is 0 Å². The largest absolute Gasteiger partial charge is 0.373 e. The van der Waals surface area contributed by atoms with Gasteiger partial charge in [0, 0.05) is 19.1 Å². The molecule has 0 saturated heterocycles. The second kappa shape index (κ2) is 7.01. The van der Waals surface area contributed by atoms with Crippen LogP contribution in [0.15, 0.2) is 4.52 Å². The molecule has 5 nitrogen and oxygen atoms in total. The molecule has 0 aliphatic heterocycles. The third-order valence-corrected chi connectivity index (χ3v) is 3.97. The molecule has 1 aromatic heterocycles. The molecule has 0 radical (unpaired) electrons. The van der Waals surface area contributed by atoms with Crippen molar-refractivity contribution in [3.8, 4) is 0 Å². The van der Waals surface area contributed by atoms with Crippen LogP contribution >= 0.6 is 0 Å². The van der Waals surface area contributed by atoms with E-state index in [0.717, 1.165) is 31.7 Å². The van der Waals surface area contributed by atoms with E-state index in [2.05, 4.69) is 29.3 Å². The maximum atomic E-state index is 5.42. The van der Waals surface area contributed by atoms with Gasteiger partial charge in [0.05, 0.1) is 0 Å². The zero-order valence-corrected chi connectivity index (χ0v) is 12.2. The van der Waals surface area contributed by atoms with Crippen LogP contribution in [0.3, 0.4) is 0 Å². The number of nitrogens with zero attached hydrogens (tertiary/aromatic N) is 2. The average Bonchev–Trinajstić information content (AvgIpc) is 2.91. The number of ether oxygens (including phenoxy) is 1. The zero-order valence-electron chi connectivity index (χ0n) is 12.2. The van der Waals surface area contributed by atoms with E-state index in [4.69, 9.17) is 9.26 Å². The second-order valence-electron chi connectivity index (χ2n) is 5.23. The number of nitrogens with one attached hydrogen (secondary N) is 1. The van der Waals surface area contributed by atoms with Gasteiger partial charge in [-0.1, -0.05) is 19.0 Å². The summed E-state index contributed by atoms with van der Waals surface area (Å²) in [6.45, 7) is 5.27. The molecule has 0 aromatic carbocycles. The lowest BCUT2D eigenvalue weighted by Crippen LogP contribution is -2.32. The first kappa shape index (κ1) is 14.5. The number of hydrogen-bond donors (Lipinski definition) is 1. The highest BCUT2D eigenvalue weighted by molar-refractivity contribution is 4.99. The van der Waals surface area contributed by atoms with Gasteiger partial charge in [-0.3, -0.25) is 0 Å². The van der Waals surface area contributed by atoms with Crippen molar-refractivity contribution in [3.63, 3.8) is 0 Å². The molecule has 1 fully saturated rings. The second-order valence-corrected chi connectivity index (χ2v) is 5.23. The minimum Gasteiger partial charge on any atom is -0.373 e. The fraction of sp³-hybridized carbons (Fsp3) is 0.857. The van der Waals surface area contributed by atoms with E-state index in [1.807, 2.05) is 0 Å². The molecular weight excluding hydrogens is 242 g/mol. The lowest BCUT2D eigenvalue weighted by atomic mass is 9.86. The van der Waals surface area contributed by atoms with Crippen LogP contribution in [0.2, 0.25) is 0 Å². The van der Waals surface area contributed by atoms with E-state index in [1.54, 1.807) is 7.11 Å². The van der Waals surface area contributed by atoms with E-state index in [1.165, 1.54) is 12.8 Å². The Hall–Kier alpha value is -0.940. The molecule has 0 amide bonds. The summed E-state index contributed by atoms with van der Waals surface area (Å²) >= 11 is 0. The third kappa shape index (κ3) is 3.54. The van der Waals surface area contributed by atoms with Crippen LogP contribution in [0, 0.1) is 0 Å². The number of rotatable bonds is 6. The van der Waals surface area contributed by atoms with E-state index >= 15 is 0 Å². The van der Waals surface area contributed by atoms with Gasteiger partial charge in [-0.25, -0.2) is 0 Å². The Balaban J connectivity index is 1.93. The Kier molecular flexibility index (Phi) is 5.34. The first-order valence-corrected chi connectivity index (χ1v) is 7.38. The van der Waals surface area contributed by atoms with Gasteiger partial charge in [0.25, 0.3) is 0 Å². The zero-order chi connectivity index (χ0) is 13.7. The molecule has 1 aliphatic carbocycles. The van der Waals surface area contributed by atoms with Gasteiger partial charge >= 0.3 is 0 Å². The molecule has 1 saturated carbocycles. The predicted octanol–water partition coefficient (Wildman–Crippen LogP) is 2.80. The lowest BCUT2D eigenvalue weighted by Gasteiger charge is -2.26. The van der Waals surface area contributed by atoms with Gasteiger partial charge in [-0.15, -0.1) is 0 Å². The monoisotopic (exact) mass is 267 g/mol. The first-order valence-electron chi connectivity index (χ1n) is 7.38. The van der Waals surface area contributed by atoms with Gasteiger partial charge in [-0.05, 0) is 38.6 Å². The normalized spacial score (nSPS) is 25.4. The molecule has 108 valence electrons. The standard InChI is InChI=1S/C14H25N3O2/c1-4-12(18-3)13-16-14(19-17-13)10-6-8-11(9-7-10)15-5-2/h10-12,15H,4-9H2,1-3H3. The van der Waals surface area contributed by atoms with Gasteiger partial charge in [0.2, 0.25) is 11.7 Å². The predicted molar refractivity (Wildman–Crippen MR) is 73.0 cm³/mol. The first-order chi connectivity index (χ1) is 9.28. The van der Waals surface area contributed by atoms with Crippen molar-refractivity contribution >= 4 is 0 Å². The third-order valence-electron chi connectivity index (χ3n) is 3.97. The molecule has 2 rings (SSSR count). The minimum absolute atomic E-state index is 0.0457. The molecule has 1 unspecified atom stereocenters. The lowest BCUT2D eigenvalue weighted by molar-refractivity contribution is 0.0903. The van der Waals surface area contributed by atoms with Gasteiger partial charge < -0.3 is 14.6 Å². The fourth-order valence-electron chi connectivity index (χ4n) is 2.83. The molecular formula is C14H25N3O2. The Labute approximate surface area is 115 Å². The van der Waals surface area contributed by atoms with Crippen molar-refractivity contribution in [3.05, 3.63) is 11.7 Å². The number of methoxy groups -OCH3 is 1. The van der Waals surface area contributed by atoms with E-state index < -0.39 is 0 Å². The van der Waals surface area contributed by atoms with Crippen molar-refractivity contribution in [1.82, 2.24) is 15.5 Å². The molecule has 1 heterocycles. The van der Waals surface area contributed by atoms with Crippen molar-refractivity contribution < 1.29 is 9.26 Å². The molecule has 1 N–H and O–H groups in total. The summed E-state index contributed by atoms with van der Waals surface area (Å²) in [7, 11) is 1.69. The highest BCUT2D eigenvalue weighted by Gasteiger charge is 2.27. The highest BCUT2D eigenvalue weighted by atomic mass is 16.5. The molecule has 5 heteroatoms. The van der Waals surface area contributed by atoms with Crippen LogP contribution in [0.1, 0.15) is 69.7 Å². The maximum absolute atomic E-state index is 5.42. The summed E-state index contributed by atoms with van der Waals surface area (Å²) in [6, 6.07) is 0.658. The molecule has 1 atom stereocenters. The van der Waals surface area contributed by atoms with Crippen LogP contribution < -0.4 is 5.32 Å². The Morgan fingerprint density at radius 1 is 1.32 bits per heavy atom. The fourth-order valence-corrected chi connectivity index (χ4v) is 2.83. The topological polar surface area (TPSA) is 60.2 Å². The van der Waals surface area contributed by atoms with Crippen LogP contribution in [0.25, 0.3) is 0 Å². The van der Waals surface area contributed by atoms with Crippen LogP contribution in [-0.4, -0.2) is 29.8 Å². The van der Waals surface area contributed by atoms with Crippen molar-refractivity contribution in [2.75, 3.05) is 13.7 Å². The summed E-state index contributed by atoms with van der Waals surface area (Å²) in [5, 5.41) is 7.57. The number of aromatic nitrogens is 2. The van der Waals surface area contributed by atoms with Crippen molar-refractivity contribution in [2.24, 2.45) is 0 Å². The van der Waals surface area contributed by atoms with Crippen molar-refractivity contribution in [1.29, 1.82) is 0 Å². The van der Waals surface area contributed by atoms with E-state index in [0.29, 0.717) is 17.8 Å². The summed E-state index contributed by atoms with van der Waals surface area (Å²) < 4.78 is 10.8. The SMILES string of the molecule is CCNC1CCC(c2nc(C(CC)OC)no2)CC1. The van der Waals surface area contributed by atoms with Crippen LogP contribution in [-0.2, 0) is 4.74 Å². The van der Waals surface area contributed by atoms with E-state index in [-0.39, 0.29) is 6.10 Å². The quantitative estimate of drug-likeness (QED) is 0.858. The summed E-state index contributed by atoms with van der Waals surface area (Å²) in [6.07, 6.45) is 5.46. The van der Waals surface area contributed by atoms with Crippen LogP contribution in [0.4, 0.5) is 0 Å². The Morgan fingerprint density at radius 3 is 2.63 bits per heavy atom. The average molecular weight is 267 g/mol. The number of hydrogen-bond acceptors (Lipinski definition) is 5. The van der Waals surface area contributed by atoms with Gasteiger partial charge in [0.1, 0.15) is 6.10 Å². The highest BCUT2D eigenvalue weighted by Crippen LogP contribution is 2.32. The Bertz CT molecular complexity index is 369. The van der Waals surface area contributed by atoms with Gasteiger partial charge in [0.15, 0.2) is 0 Å². The summed E-state index contributed by atoms with van der Waals surface area (Å²) in [5.74, 6) is 1.90. The summed E-state index contributed by atoms with van der Waals surface area (Å²) in [5.41, 5.74) is 0. The summed E-state index contributed by atoms with van der Waals surface area (Å²) in [4.78, 5) is 4.52. The molecule has 0 bridgehead atoms. The molecule has 1 aliphatic rings. The molecule has 0 spiro atoms. The molecule has 1 aromatic rings. The smallest absolute Gasteiger partial charge is 0.229 e. The Morgan fingerprint density at radius 2 is 2.05 bits per heavy atom. The van der Waals surface area contributed by atoms with Crippen molar-refractivity contribution in [2.45, 2.75) is 64.0 Å². The molecule has 19 heavy (non-hydrogen) atoms. The van der Waals surface area contributed by atoms with E-state index in [9.17, 15) is 0 Å². The minimum atomic E-state index is -0.0457. The van der Waals surface area contributed by atoms with Gasteiger partial charge in [-0.2, -0.15) is 4.98 Å².